The summed E-state index contributed by atoms with van der Waals surface area (Å²) in [7, 11) is 3.73. The minimum Gasteiger partial charge on any atom is -0.494 e. The van der Waals surface area contributed by atoms with Crippen molar-refractivity contribution in [2.24, 2.45) is 0 Å². The molecule has 2 aliphatic rings. The number of methoxy groups -OCH3 is 1. The van der Waals surface area contributed by atoms with E-state index in [9.17, 15) is 4.79 Å². The van der Waals surface area contributed by atoms with E-state index in [0.717, 1.165) is 54.4 Å². The molecule has 0 spiro atoms. The van der Waals surface area contributed by atoms with Crippen molar-refractivity contribution in [1.29, 1.82) is 0 Å². The van der Waals surface area contributed by atoms with Crippen LogP contribution in [0.3, 0.4) is 0 Å². The van der Waals surface area contributed by atoms with Gasteiger partial charge in [-0.05, 0) is 43.3 Å². The molecule has 10 nitrogen and oxygen atoms in total. The van der Waals surface area contributed by atoms with Crippen molar-refractivity contribution in [3.8, 4) is 5.75 Å². The summed E-state index contributed by atoms with van der Waals surface area (Å²) < 4.78 is 5.76. The van der Waals surface area contributed by atoms with Crippen molar-refractivity contribution in [2.45, 2.75) is 19.4 Å². The van der Waals surface area contributed by atoms with Gasteiger partial charge in [0.2, 0.25) is 5.91 Å². The van der Waals surface area contributed by atoms with Crippen LogP contribution in [-0.2, 0) is 9.63 Å². The Bertz CT molecular complexity index is 1390. The third-order valence-electron chi connectivity index (χ3n) is 7.32. The van der Waals surface area contributed by atoms with Crippen LogP contribution in [0.5, 0.6) is 5.75 Å². The number of nitrogens with zero attached hydrogens (tertiary/aromatic N) is 5. The summed E-state index contributed by atoms with van der Waals surface area (Å²) in [6.45, 7) is 9.71. The normalized spacial score (nSPS) is 17.6. The van der Waals surface area contributed by atoms with Crippen LogP contribution in [0, 0.1) is 6.92 Å². The number of anilines is 5. The van der Waals surface area contributed by atoms with Crippen LogP contribution in [0.4, 0.5) is 28.7 Å². The van der Waals surface area contributed by atoms with E-state index in [2.05, 4.69) is 50.1 Å². The van der Waals surface area contributed by atoms with Crippen molar-refractivity contribution in [1.82, 2.24) is 14.9 Å². The van der Waals surface area contributed by atoms with E-state index in [0.29, 0.717) is 35.4 Å². The van der Waals surface area contributed by atoms with Gasteiger partial charge in [-0.25, -0.2) is 15.0 Å². The van der Waals surface area contributed by atoms with Crippen molar-refractivity contribution in [3.63, 3.8) is 0 Å². The van der Waals surface area contributed by atoms with E-state index in [-0.39, 0.29) is 11.9 Å². The van der Waals surface area contributed by atoms with E-state index in [4.69, 9.17) is 21.2 Å². The van der Waals surface area contributed by atoms with Crippen LogP contribution < -0.4 is 25.3 Å². The third-order valence-corrected chi connectivity index (χ3v) is 7.73. The van der Waals surface area contributed by atoms with Gasteiger partial charge in [0.05, 0.1) is 36.8 Å². The van der Waals surface area contributed by atoms with Gasteiger partial charge in [-0.3, -0.25) is 9.63 Å². The van der Waals surface area contributed by atoms with Crippen molar-refractivity contribution >= 4 is 46.2 Å². The maximum atomic E-state index is 12.3. The molecule has 0 radical (unpaired) electrons. The van der Waals surface area contributed by atoms with Crippen molar-refractivity contribution in [2.75, 3.05) is 67.5 Å². The number of carbonyl (C=O) groups is 1. The number of benzene rings is 2. The fourth-order valence-corrected chi connectivity index (χ4v) is 5.25. The van der Waals surface area contributed by atoms with Gasteiger partial charge >= 0.3 is 0 Å². The summed E-state index contributed by atoms with van der Waals surface area (Å²) in [5.41, 5.74) is 4.32. The Morgan fingerprint density at radius 1 is 1.18 bits per heavy atom. The largest absolute Gasteiger partial charge is 0.494 e. The maximum Gasteiger partial charge on any atom is 0.247 e. The van der Waals surface area contributed by atoms with Gasteiger partial charge in [0.15, 0.2) is 5.82 Å². The molecule has 2 N–H and O–H groups in total. The number of piperazine rings is 1. The fraction of sp³-hybridized carbons (Fsp3) is 0.345. The highest BCUT2D eigenvalue weighted by Gasteiger charge is 2.31. The Kier molecular flexibility index (Phi) is 8.39. The number of hydrogen-bond acceptors (Lipinski definition) is 9. The number of hydroxylamine groups is 1. The molecule has 5 rings (SSSR count). The molecule has 2 aromatic carbocycles. The Hall–Kier alpha value is -3.86. The lowest BCUT2D eigenvalue weighted by Gasteiger charge is -2.35. The van der Waals surface area contributed by atoms with E-state index in [1.807, 2.05) is 42.3 Å². The molecule has 0 aliphatic carbocycles. The smallest absolute Gasteiger partial charge is 0.247 e. The first-order chi connectivity index (χ1) is 19.4. The molecule has 3 heterocycles. The van der Waals surface area contributed by atoms with Gasteiger partial charge in [0.1, 0.15) is 17.9 Å². The molecule has 2 fully saturated rings. The molecule has 2 saturated heterocycles. The molecule has 210 valence electrons. The van der Waals surface area contributed by atoms with Crippen LogP contribution in [0.1, 0.15) is 23.6 Å². The van der Waals surface area contributed by atoms with Gasteiger partial charge in [-0.15, -0.1) is 0 Å². The fourth-order valence-electron chi connectivity index (χ4n) is 5.07. The number of ether oxygens (including phenoxy) is 1. The van der Waals surface area contributed by atoms with Gasteiger partial charge in [-0.1, -0.05) is 30.3 Å². The average Bonchev–Trinajstić information content (AvgIpc) is 3.45. The zero-order chi connectivity index (χ0) is 28.2. The first-order valence-corrected chi connectivity index (χ1v) is 13.6. The first kappa shape index (κ1) is 27.7. The van der Waals surface area contributed by atoms with E-state index >= 15 is 0 Å². The Labute approximate surface area is 239 Å². The number of amides is 1. The van der Waals surface area contributed by atoms with E-state index in [1.165, 1.54) is 12.4 Å². The zero-order valence-corrected chi connectivity index (χ0v) is 23.7. The standard InChI is InChI=1S/C29H34ClN7O3/c1-5-29(38)34-22-15-23(26(39-4)16-25(22)36-12-10-35(3)11-13-36)33-27-17-28(32-18-31-27)37-24(9-14-40-37)20-7-6-8-21(30)19(20)2/h5-8,15-18,24H,1,9-14H2,2-4H3,(H,34,38)(H,31,32,33)/t24-/m1/s1. The minimum atomic E-state index is -0.288. The van der Waals surface area contributed by atoms with Crippen LogP contribution >= 0.6 is 11.6 Å². The van der Waals surface area contributed by atoms with Crippen LogP contribution in [-0.4, -0.2) is 67.7 Å². The second-order valence-corrected chi connectivity index (χ2v) is 10.3. The first-order valence-electron chi connectivity index (χ1n) is 13.2. The molecular weight excluding hydrogens is 530 g/mol. The summed E-state index contributed by atoms with van der Waals surface area (Å²) in [6.07, 6.45) is 3.56. The number of likely N-dealkylation sites (N-methyl/N-ethyl adjacent to an activating group) is 1. The van der Waals surface area contributed by atoms with Crippen LogP contribution in [0.25, 0.3) is 0 Å². The number of nitrogens with one attached hydrogen (secondary N) is 2. The number of hydrogen-bond donors (Lipinski definition) is 2. The molecule has 1 aromatic heterocycles. The molecule has 0 saturated carbocycles. The molecular formula is C29H34ClN7O3. The SMILES string of the molecule is C=CC(=O)Nc1cc(Nc2cc(N3OCC[C@@H]3c3cccc(Cl)c3C)ncn2)c(OC)cc1N1CCN(C)CC1. The number of rotatable bonds is 8. The number of carbonyl (C=O) groups excluding carboxylic acids is 1. The average molecular weight is 564 g/mol. The van der Waals surface area contributed by atoms with Gasteiger partial charge < -0.3 is 25.2 Å². The van der Waals surface area contributed by atoms with E-state index < -0.39 is 0 Å². The summed E-state index contributed by atoms with van der Waals surface area (Å²) in [6, 6.07) is 11.5. The molecule has 1 amide bonds. The van der Waals surface area contributed by atoms with Crippen LogP contribution in [0.2, 0.25) is 5.02 Å². The topological polar surface area (TPSA) is 95.1 Å². The Morgan fingerprint density at radius 3 is 2.73 bits per heavy atom. The van der Waals surface area contributed by atoms with Gasteiger partial charge in [0.25, 0.3) is 0 Å². The monoisotopic (exact) mass is 563 g/mol. The molecule has 40 heavy (non-hydrogen) atoms. The van der Waals surface area contributed by atoms with Gasteiger partial charge in [-0.2, -0.15) is 0 Å². The third kappa shape index (κ3) is 5.84. The Morgan fingerprint density at radius 2 is 1.98 bits per heavy atom. The summed E-state index contributed by atoms with van der Waals surface area (Å²) in [5, 5.41) is 8.84. The van der Waals surface area contributed by atoms with E-state index in [1.54, 1.807) is 7.11 Å². The molecule has 0 bridgehead atoms. The minimum absolute atomic E-state index is 0.0282. The summed E-state index contributed by atoms with van der Waals surface area (Å²) in [5.74, 6) is 1.50. The zero-order valence-electron chi connectivity index (χ0n) is 23.0. The lowest BCUT2D eigenvalue weighted by atomic mass is 9.99. The quantitative estimate of drug-likeness (QED) is 0.369. The summed E-state index contributed by atoms with van der Waals surface area (Å²) >= 11 is 6.41. The van der Waals surface area contributed by atoms with Crippen LogP contribution in [0.15, 0.2) is 55.4 Å². The highest BCUT2D eigenvalue weighted by molar-refractivity contribution is 6.31. The lowest BCUT2D eigenvalue weighted by Crippen LogP contribution is -2.44. The number of halogens is 1. The molecule has 1 atom stereocenters. The summed E-state index contributed by atoms with van der Waals surface area (Å²) in [4.78, 5) is 31.8. The maximum absolute atomic E-state index is 12.3. The molecule has 0 unspecified atom stereocenters. The number of aromatic nitrogens is 2. The predicted molar refractivity (Wildman–Crippen MR) is 159 cm³/mol. The lowest BCUT2D eigenvalue weighted by molar-refractivity contribution is -0.111. The molecule has 3 aromatic rings. The Balaban J connectivity index is 1.45. The highest BCUT2D eigenvalue weighted by atomic mass is 35.5. The van der Waals surface area contributed by atoms with Crippen molar-refractivity contribution in [3.05, 3.63) is 71.5 Å². The molecule has 2 aliphatic heterocycles. The second kappa shape index (κ2) is 12.1. The highest BCUT2D eigenvalue weighted by Crippen LogP contribution is 2.40. The van der Waals surface area contributed by atoms with Crippen molar-refractivity contribution < 1.29 is 14.4 Å². The molecule has 11 heteroatoms. The predicted octanol–water partition coefficient (Wildman–Crippen LogP) is 4.95. The van der Waals surface area contributed by atoms with Gasteiger partial charge in [0, 0.05) is 49.8 Å². The second-order valence-electron chi connectivity index (χ2n) is 9.86.